The smallest absolute Gasteiger partial charge is 0.322 e. The zero-order valence-corrected chi connectivity index (χ0v) is 32.6. The van der Waals surface area contributed by atoms with Gasteiger partial charge in [0.25, 0.3) is 5.91 Å². The molecular weight excluding hydrogens is 699 g/mol. The van der Waals surface area contributed by atoms with Gasteiger partial charge in [-0.05, 0) is 74.2 Å². The van der Waals surface area contributed by atoms with Crippen molar-refractivity contribution < 1.29 is 34.4 Å². The number of anilines is 1. The number of piperidine rings is 1. The molecule has 294 valence electrons. The molecule has 2 unspecified atom stereocenters. The predicted molar refractivity (Wildman–Crippen MR) is 208 cm³/mol. The molecule has 2 saturated heterocycles. The Morgan fingerprint density at radius 1 is 1.04 bits per heavy atom. The van der Waals surface area contributed by atoms with E-state index >= 15 is 4.79 Å². The normalized spacial score (nSPS) is 39.0. The number of aliphatic hydroxyl groups is 3. The number of para-hydroxylation sites is 1. The van der Waals surface area contributed by atoms with Crippen molar-refractivity contribution in [2.75, 3.05) is 58.9 Å². The van der Waals surface area contributed by atoms with Gasteiger partial charge in [-0.3, -0.25) is 19.4 Å². The fourth-order valence-electron chi connectivity index (χ4n) is 13.1. The zero-order valence-electron chi connectivity index (χ0n) is 32.6. The number of ether oxygens (including phenoxy) is 2. The van der Waals surface area contributed by atoms with Crippen molar-refractivity contribution in [2.45, 2.75) is 92.6 Å². The van der Waals surface area contributed by atoms with E-state index in [2.05, 4.69) is 26.9 Å². The van der Waals surface area contributed by atoms with Gasteiger partial charge < -0.3 is 40.4 Å². The maximum absolute atomic E-state index is 15.2. The van der Waals surface area contributed by atoms with Crippen molar-refractivity contribution in [3.05, 3.63) is 70.9 Å². The lowest BCUT2D eigenvalue weighted by Gasteiger charge is -2.63. The maximum Gasteiger partial charge on any atom is 0.322 e. The first-order valence-electron chi connectivity index (χ1n) is 20.0. The first kappa shape index (κ1) is 36.7. The number of nitrogens with one attached hydrogen (secondary N) is 1. The van der Waals surface area contributed by atoms with E-state index in [1.807, 2.05) is 62.2 Å². The summed E-state index contributed by atoms with van der Waals surface area (Å²) < 4.78 is 12.2. The number of rotatable bonds is 6. The van der Waals surface area contributed by atoms with Crippen LogP contribution in [0.2, 0.25) is 0 Å². The second-order valence-corrected chi connectivity index (χ2v) is 17.5. The van der Waals surface area contributed by atoms with Gasteiger partial charge in [-0.2, -0.15) is 0 Å². The molecule has 9 rings (SSSR count). The second kappa shape index (κ2) is 12.3. The van der Waals surface area contributed by atoms with Crippen LogP contribution in [-0.2, 0) is 31.6 Å². The van der Waals surface area contributed by atoms with Crippen molar-refractivity contribution in [3.8, 4) is 5.75 Å². The number of carbonyl (C=O) groups is 2. The quantitative estimate of drug-likeness (QED) is 0.187. The minimum atomic E-state index is -2.30. The summed E-state index contributed by atoms with van der Waals surface area (Å²) in [6.45, 7) is 7.39. The zero-order chi connectivity index (χ0) is 38.9. The van der Waals surface area contributed by atoms with Crippen LogP contribution in [-0.4, -0.2) is 125 Å². The molecule has 6 aliphatic rings. The number of esters is 1. The van der Waals surface area contributed by atoms with Crippen LogP contribution in [0.5, 0.6) is 5.75 Å². The number of likely N-dealkylation sites (N-methyl/N-ethyl adjacent to an activating group) is 1. The van der Waals surface area contributed by atoms with Gasteiger partial charge in [0.15, 0.2) is 5.60 Å². The SMILES string of the molecule is CC[C@]1(O)C[C@H]2CN(CCc3c([nH]c4ccccc34)[C@@](C(=O)OC)(c3cc4c(cc3OC)N(C)[C@@H]3C45CCN4CC=C[C@](CC)([C@H]45)[C@@H](O)[C@]3(O)C(N)=O)C2)C1. The molecule has 2 aromatic carbocycles. The van der Waals surface area contributed by atoms with Gasteiger partial charge in [0.05, 0.1) is 25.9 Å². The number of carbonyl (C=O) groups excluding carboxylic acids is 2. The Morgan fingerprint density at radius 2 is 1.82 bits per heavy atom. The van der Waals surface area contributed by atoms with Gasteiger partial charge in [-0.15, -0.1) is 0 Å². The van der Waals surface area contributed by atoms with E-state index in [1.165, 1.54) is 7.11 Å². The number of H-pyrrole nitrogens is 1. The second-order valence-electron chi connectivity index (χ2n) is 17.5. The first-order chi connectivity index (χ1) is 26.3. The molecule has 12 nitrogen and oxygen atoms in total. The number of hydrogen-bond acceptors (Lipinski definition) is 10. The minimum absolute atomic E-state index is 0.0790. The number of hydrogen-bond donors (Lipinski definition) is 5. The number of methoxy groups -OCH3 is 2. The van der Waals surface area contributed by atoms with Crippen LogP contribution >= 0.6 is 0 Å². The summed E-state index contributed by atoms with van der Waals surface area (Å²) in [7, 11) is 4.89. The summed E-state index contributed by atoms with van der Waals surface area (Å²) in [5, 5.41) is 38.0. The number of aliphatic hydroxyl groups excluding tert-OH is 1. The van der Waals surface area contributed by atoms with E-state index in [0.717, 1.165) is 46.5 Å². The molecule has 1 aliphatic carbocycles. The van der Waals surface area contributed by atoms with Crippen LogP contribution in [0.4, 0.5) is 5.69 Å². The molecule has 55 heavy (non-hydrogen) atoms. The van der Waals surface area contributed by atoms with E-state index in [4.69, 9.17) is 15.2 Å². The molecule has 1 amide bonds. The van der Waals surface area contributed by atoms with Crippen molar-refractivity contribution in [3.63, 3.8) is 0 Å². The third-order valence-electron chi connectivity index (χ3n) is 15.2. The number of benzene rings is 2. The largest absolute Gasteiger partial charge is 0.496 e. The van der Waals surface area contributed by atoms with Gasteiger partial charge in [-0.25, -0.2) is 0 Å². The number of nitrogens with zero attached hydrogens (tertiary/aromatic N) is 3. The summed E-state index contributed by atoms with van der Waals surface area (Å²) >= 11 is 0. The Kier molecular flexibility index (Phi) is 8.19. The van der Waals surface area contributed by atoms with Crippen LogP contribution in [0.3, 0.4) is 0 Å². The fraction of sp³-hybridized carbons (Fsp3) is 0.581. The lowest BCUT2D eigenvalue weighted by molar-refractivity contribution is -0.201. The molecule has 2 bridgehead atoms. The minimum Gasteiger partial charge on any atom is -0.496 e. The highest BCUT2D eigenvalue weighted by Crippen LogP contribution is 2.67. The van der Waals surface area contributed by atoms with E-state index in [1.54, 1.807) is 7.11 Å². The van der Waals surface area contributed by atoms with Crippen molar-refractivity contribution in [1.29, 1.82) is 0 Å². The standard InChI is InChI=1S/C43H55N5O7/c1-6-39(52)21-25-22-42(38(51)55-5,33-27(13-17-47(23-25)24-39)26-11-8-9-12-30(26)45-33)29-19-28-31(20-32(29)54-4)46(3)35-41(28)15-18-48-16-10-14-40(7-2,34(41)48)36(49)43(35,53)37(44)50/h8-12,14,19-20,25,34-36,45,49,52-53H,6-7,13,15-18,21-24H2,1-5H3,(H2,44,50)/t25-,34+,35-,36-,39+,40-,41?,42+,43+/m1/s1. The molecule has 1 saturated carbocycles. The fourth-order valence-corrected chi connectivity index (χ4v) is 13.1. The molecule has 5 aliphatic heterocycles. The number of fused-ring (bicyclic) bond motifs is 6. The molecule has 12 heteroatoms. The number of primary amides is 1. The Hall–Kier alpha value is -3.94. The molecule has 6 heterocycles. The summed E-state index contributed by atoms with van der Waals surface area (Å²) in [6.07, 6.45) is 5.78. The third kappa shape index (κ3) is 4.51. The molecule has 0 radical (unpaired) electrons. The van der Waals surface area contributed by atoms with Gasteiger partial charge in [0.2, 0.25) is 0 Å². The Morgan fingerprint density at radius 3 is 2.53 bits per heavy atom. The Bertz CT molecular complexity index is 2120. The van der Waals surface area contributed by atoms with Crippen LogP contribution in [0.15, 0.2) is 48.6 Å². The highest BCUT2D eigenvalue weighted by Gasteiger charge is 2.78. The number of aromatic amines is 1. The average molecular weight is 754 g/mol. The predicted octanol–water partition coefficient (Wildman–Crippen LogP) is 2.73. The molecular formula is C43H55N5O7. The molecule has 1 spiro atoms. The summed E-state index contributed by atoms with van der Waals surface area (Å²) in [6, 6.07) is 11.0. The van der Waals surface area contributed by atoms with Gasteiger partial charge in [0.1, 0.15) is 17.3 Å². The monoisotopic (exact) mass is 753 g/mol. The Labute approximate surface area is 322 Å². The van der Waals surface area contributed by atoms with E-state index in [-0.39, 0.29) is 12.0 Å². The van der Waals surface area contributed by atoms with Crippen LogP contribution in [0, 0.1) is 11.3 Å². The van der Waals surface area contributed by atoms with Crippen LogP contribution in [0.1, 0.15) is 68.3 Å². The van der Waals surface area contributed by atoms with E-state index in [0.29, 0.717) is 69.5 Å². The molecule has 10 atom stereocenters. The highest BCUT2D eigenvalue weighted by atomic mass is 16.5. The van der Waals surface area contributed by atoms with Gasteiger partial charge in [0, 0.05) is 84.0 Å². The van der Waals surface area contributed by atoms with Gasteiger partial charge in [-0.1, -0.05) is 44.2 Å². The maximum atomic E-state index is 15.2. The molecule has 6 N–H and O–H groups in total. The molecule has 3 fully saturated rings. The van der Waals surface area contributed by atoms with Crippen LogP contribution in [0.25, 0.3) is 10.9 Å². The Balaban J connectivity index is 1.36. The highest BCUT2D eigenvalue weighted by molar-refractivity contribution is 5.95. The number of amides is 1. The van der Waals surface area contributed by atoms with Crippen LogP contribution < -0.4 is 15.4 Å². The van der Waals surface area contributed by atoms with E-state index < -0.39 is 51.5 Å². The average Bonchev–Trinajstić information content (AvgIpc) is 3.84. The van der Waals surface area contributed by atoms with Crippen molar-refractivity contribution >= 4 is 28.5 Å². The summed E-state index contributed by atoms with van der Waals surface area (Å²) in [4.78, 5) is 39.3. The first-order valence-corrected chi connectivity index (χ1v) is 20.0. The topological polar surface area (TPSA) is 165 Å². The lowest BCUT2D eigenvalue weighted by atomic mass is 9.47. The lowest BCUT2D eigenvalue weighted by Crippen LogP contribution is -2.81. The molecule has 1 aromatic heterocycles. The third-order valence-corrected chi connectivity index (χ3v) is 15.2. The van der Waals surface area contributed by atoms with Gasteiger partial charge >= 0.3 is 5.97 Å². The molecule has 3 aromatic rings. The number of nitrogens with two attached hydrogens (primary N) is 1. The summed E-state index contributed by atoms with van der Waals surface area (Å²) in [5.74, 6) is -1.00. The van der Waals surface area contributed by atoms with Crippen molar-refractivity contribution in [2.24, 2.45) is 17.1 Å². The van der Waals surface area contributed by atoms with Crippen molar-refractivity contribution in [1.82, 2.24) is 14.8 Å². The number of aromatic nitrogens is 1. The summed E-state index contributed by atoms with van der Waals surface area (Å²) in [5.41, 5.74) is 4.72. The van der Waals surface area contributed by atoms with E-state index in [9.17, 15) is 20.1 Å².